The molecule has 3 rings (SSSR count). The molecule has 3 nitrogen and oxygen atoms in total. The van der Waals surface area contributed by atoms with Crippen molar-refractivity contribution in [2.24, 2.45) is 0 Å². The zero-order valence-corrected chi connectivity index (χ0v) is 12.6. The van der Waals surface area contributed by atoms with E-state index >= 15 is 0 Å². The molecule has 0 saturated heterocycles. The average Bonchev–Trinajstić information content (AvgIpc) is 2.86. The lowest BCUT2D eigenvalue weighted by Gasteiger charge is -2.26. The lowest BCUT2D eigenvalue weighted by molar-refractivity contribution is 0.245. The van der Waals surface area contributed by atoms with Gasteiger partial charge in [-0.25, -0.2) is 4.39 Å². The van der Waals surface area contributed by atoms with Crippen LogP contribution in [0.4, 0.5) is 9.39 Å². The van der Waals surface area contributed by atoms with Crippen LogP contribution in [0.2, 0.25) is 0 Å². The molecule has 0 unspecified atom stereocenters. The van der Waals surface area contributed by atoms with E-state index in [1.54, 1.807) is 17.4 Å². The predicted molar refractivity (Wildman–Crippen MR) is 82.8 cm³/mol. The van der Waals surface area contributed by atoms with Crippen molar-refractivity contribution in [2.75, 3.05) is 18.9 Å². The highest BCUT2D eigenvalue weighted by Crippen LogP contribution is 2.36. The minimum atomic E-state index is -0.150. The molecule has 0 aliphatic carbocycles. The predicted octanol–water partition coefficient (Wildman–Crippen LogP) is 3.36. The number of hydrogen-bond donors (Lipinski definition) is 1. The highest BCUT2D eigenvalue weighted by molar-refractivity contribution is 7.16. The van der Waals surface area contributed by atoms with E-state index in [0.29, 0.717) is 6.54 Å². The fourth-order valence-electron chi connectivity index (χ4n) is 2.75. The molecule has 0 saturated carbocycles. The largest absolute Gasteiger partial charge is 0.379 e. The summed E-state index contributed by atoms with van der Waals surface area (Å²) in [7, 11) is 1.84. The molecule has 108 valence electrons. The van der Waals surface area contributed by atoms with Crippen LogP contribution in [-0.2, 0) is 19.5 Å². The summed E-state index contributed by atoms with van der Waals surface area (Å²) in [5.41, 5.74) is 2.67. The minimum absolute atomic E-state index is 0.150. The number of nitriles is 1. The second-order valence-corrected chi connectivity index (χ2v) is 6.23. The number of nitrogens with one attached hydrogen (secondary N) is 1. The summed E-state index contributed by atoms with van der Waals surface area (Å²) >= 11 is 1.64. The van der Waals surface area contributed by atoms with Crippen LogP contribution in [0.1, 0.15) is 21.6 Å². The van der Waals surface area contributed by atoms with Gasteiger partial charge in [-0.2, -0.15) is 5.26 Å². The van der Waals surface area contributed by atoms with Crippen LogP contribution in [0.5, 0.6) is 0 Å². The number of nitrogens with zero attached hydrogens (tertiary/aromatic N) is 2. The molecule has 1 aliphatic rings. The van der Waals surface area contributed by atoms with Gasteiger partial charge in [0.2, 0.25) is 0 Å². The molecule has 21 heavy (non-hydrogen) atoms. The number of hydrogen-bond acceptors (Lipinski definition) is 4. The molecule has 0 radical (unpaired) electrons. The van der Waals surface area contributed by atoms with Gasteiger partial charge in [0, 0.05) is 37.1 Å². The first-order valence-electron chi connectivity index (χ1n) is 6.91. The number of fused-ring (bicyclic) bond motifs is 1. The molecule has 0 fully saturated rings. The van der Waals surface area contributed by atoms with Gasteiger partial charge in [-0.05, 0) is 18.1 Å². The van der Waals surface area contributed by atoms with Crippen molar-refractivity contribution in [3.63, 3.8) is 0 Å². The first kappa shape index (κ1) is 14.1. The zero-order chi connectivity index (χ0) is 14.8. The van der Waals surface area contributed by atoms with Gasteiger partial charge in [-0.15, -0.1) is 11.3 Å². The van der Waals surface area contributed by atoms with E-state index in [2.05, 4.69) is 16.3 Å². The lowest BCUT2D eigenvalue weighted by atomic mass is 10.0. The summed E-state index contributed by atoms with van der Waals surface area (Å²) in [6.45, 7) is 2.25. The Morgan fingerprint density at radius 1 is 1.43 bits per heavy atom. The van der Waals surface area contributed by atoms with E-state index in [4.69, 9.17) is 0 Å². The first-order chi connectivity index (χ1) is 10.2. The molecule has 2 heterocycles. The van der Waals surface area contributed by atoms with Gasteiger partial charge in [0.25, 0.3) is 0 Å². The van der Waals surface area contributed by atoms with Crippen molar-refractivity contribution in [3.05, 3.63) is 51.7 Å². The number of benzene rings is 1. The molecule has 1 aromatic heterocycles. The molecule has 1 aliphatic heterocycles. The summed E-state index contributed by atoms with van der Waals surface area (Å²) in [5.74, 6) is -0.150. The maximum atomic E-state index is 13.7. The molecule has 0 atom stereocenters. The van der Waals surface area contributed by atoms with Crippen LogP contribution in [0.3, 0.4) is 0 Å². The Morgan fingerprint density at radius 2 is 2.24 bits per heavy atom. The van der Waals surface area contributed by atoms with E-state index in [-0.39, 0.29) is 5.82 Å². The molecule has 0 amide bonds. The molecule has 1 aromatic carbocycles. The van der Waals surface area contributed by atoms with Crippen LogP contribution in [0, 0.1) is 17.1 Å². The monoisotopic (exact) mass is 301 g/mol. The van der Waals surface area contributed by atoms with Crippen LogP contribution in [-0.4, -0.2) is 18.5 Å². The third-order valence-corrected chi connectivity index (χ3v) is 5.06. The van der Waals surface area contributed by atoms with Crippen LogP contribution in [0.25, 0.3) is 0 Å². The molecular weight excluding hydrogens is 285 g/mol. The maximum absolute atomic E-state index is 13.7. The Hall–Kier alpha value is -1.90. The second kappa shape index (κ2) is 5.84. The van der Waals surface area contributed by atoms with Gasteiger partial charge >= 0.3 is 0 Å². The second-order valence-electron chi connectivity index (χ2n) is 5.12. The summed E-state index contributed by atoms with van der Waals surface area (Å²) in [6, 6.07) is 9.21. The van der Waals surface area contributed by atoms with Crippen LogP contribution >= 0.6 is 11.3 Å². The molecule has 2 aromatic rings. The average molecular weight is 301 g/mol. The normalized spacial score (nSPS) is 14.5. The number of rotatable bonds is 3. The summed E-state index contributed by atoms with van der Waals surface area (Å²) in [5, 5.41) is 13.3. The molecule has 0 spiro atoms. The van der Waals surface area contributed by atoms with E-state index in [9.17, 15) is 9.65 Å². The zero-order valence-electron chi connectivity index (χ0n) is 11.8. The Kier molecular flexibility index (Phi) is 3.91. The minimum Gasteiger partial charge on any atom is -0.379 e. The van der Waals surface area contributed by atoms with Crippen molar-refractivity contribution in [2.45, 2.75) is 19.5 Å². The van der Waals surface area contributed by atoms with Gasteiger partial charge in [0.1, 0.15) is 16.9 Å². The highest BCUT2D eigenvalue weighted by Gasteiger charge is 2.24. The highest BCUT2D eigenvalue weighted by atomic mass is 32.1. The fraction of sp³-hybridized carbons (Fsp3) is 0.312. The lowest BCUT2D eigenvalue weighted by Crippen LogP contribution is -2.29. The van der Waals surface area contributed by atoms with Gasteiger partial charge in [0.05, 0.1) is 5.56 Å². The summed E-state index contributed by atoms with van der Waals surface area (Å²) in [6.07, 6.45) is 0.852. The van der Waals surface area contributed by atoms with Crippen molar-refractivity contribution >= 4 is 16.3 Å². The Bertz CT molecular complexity index is 702. The number of anilines is 1. The smallest absolute Gasteiger partial charge is 0.127 e. The third kappa shape index (κ3) is 2.65. The third-order valence-electron chi connectivity index (χ3n) is 3.83. The van der Waals surface area contributed by atoms with Crippen molar-refractivity contribution in [1.29, 1.82) is 5.26 Å². The van der Waals surface area contributed by atoms with E-state index in [0.717, 1.165) is 41.2 Å². The Labute approximate surface area is 127 Å². The SMILES string of the molecule is CNc1sc2c(c1C#N)CCN(Cc1ccccc1F)C2. The van der Waals surface area contributed by atoms with Gasteiger partial charge in [-0.1, -0.05) is 18.2 Å². The Balaban J connectivity index is 1.81. The maximum Gasteiger partial charge on any atom is 0.127 e. The van der Waals surface area contributed by atoms with Gasteiger partial charge < -0.3 is 5.32 Å². The topological polar surface area (TPSA) is 39.1 Å². The van der Waals surface area contributed by atoms with E-state index in [1.807, 2.05) is 19.2 Å². The van der Waals surface area contributed by atoms with E-state index < -0.39 is 0 Å². The first-order valence-corrected chi connectivity index (χ1v) is 7.72. The summed E-state index contributed by atoms with van der Waals surface area (Å²) in [4.78, 5) is 3.45. The molecular formula is C16H16FN3S. The quantitative estimate of drug-likeness (QED) is 0.945. The Morgan fingerprint density at radius 3 is 2.95 bits per heavy atom. The van der Waals surface area contributed by atoms with Crippen molar-refractivity contribution in [1.82, 2.24) is 4.90 Å². The van der Waals surface area contributed by atoms with Crippen LogP contribution < -0.4 is 5.32 Å². The van der Waals surface area contributed by atoms with Crippen LogP contribution in [0.15, 0.2) is 24.3 Å². The molecule has 0 bridgehead atoms. The van der Waals surface area contributed by atoms with Crippen molar-refractivity contribution in [3.8, 4) is 6.07 Å². The number of halogens is 1. The summed E-state index contributed by atoms with van der Waals surface area (Å²) < 4.78 is 13.7. The fourth-order valence-corrected chi connectivity index (χ4v) is 3.95. The van der Waals surface area contributed by atoms with Gasteiger partial charge in [0.15, 0.2) is 0 Å². The molecule has 1 N–H and O–H groups in total. The van der Waals surface area contributed by atoms with Crippen molar-refractivity contribution < 1.29 is 4.39 Å². The number of thiophene rings is 1. The standard InChI is InChI=1S/C16H16FN3S/c1-19-16-13(8-18)12-6-7-20(10-15(12)21-16)9-11-4-2-3-5-14(11)17/h2-5,19H,6-7,9-10H2,1H3. The van der Waals surface area contributed by atoms with E-state index in [1.165, 1.54) is 10.9 Å². The van der Waals surface area contributed by atoms with Gasteiger partial charge in [-0.3, -0.25) is 4.90 Å². The molecule has 5 heteroatoms.